The normalized spacial score (nSPS) is 20.7. The number of hydrogen-bond donors (Lipinski definition) is 1. The second-order valence-corrected chi connectivity index (χ2v) is 4.52. The average Bonchev–Trinajstić information content (AvgIpc) is 2.38. The molecule has 3 nitrogen and oxygen atoms in total. The molecule has 19 heavy (non-hydrogen) atoms. The number of rotatable bonds is 2. The molecule has 1 fully saturated rings. The quantitative estimate of drug-likeness (QED) is 0.896. The molecule has 1 aromatic rings. The molecule has 0 bridgehead atoms. The molecule has 1 unspecified atom stereocenters. The number of halogens is 3. The Kier molecular flexibility index (Phi) is 3.80. The van der Waals surface area contributed by atoms with Crippen LogP contribution < -0.4 is 10.2 Å². The Bertz CT molecular complexity index is 473. The smallest absolute Gasteiger partial charge is 0.311 e. The first-order valence-electron chi connectivity index (χ1n) is 6.09. The van der Waals surface area contributed by atoms with Gasteiger partial charge in [-0.15, -0.1) is 0 Å². The van der Waals surface area contributed by atoms with Crippen LogP contribution in [0, 0.1) is 0 Å². The molecule has 0 saturated carbocycles. The van der Waals surface area contributed by atoms with Crippen LogP contribution in [0.2, 0.25) is 0 Å². The summed E-state index contributed by atoms with van der Waals surface area (Å²) < 4.78 is 38.0. The van der Waals surface area contributed by atoms with E-state index in [9.17, 15) is 18.0 Å². The van der Waals surface area contributed by atoms with Crippen molar-refractivity contribution in [2.24, 2.45) is 0 Å². The molecule has 1 atom stereocenters. The second-order valence-electron chi connectivity index (χ2n) is 4.52. The SMILES string of the molecule is CNC1CCCN(c2cccc(C(F)(F)F)c2)C1=O. The van der Waals surface area contributed by atoms with Crippen LogP contribution in [0.25, 0.3) is 0 Å². The maximum Gasteiger partial charge on any atom is 0.416 e. The van der Waals surface area contributed by atoms with Gasteiger partial charge in [0, 0.05) is 12.2 Å². The molecule has 1 aromatic carbocycles. The van der Waals surface area contributed by atoms with Gasteiger partial charge >= 0.3 is 6.18 Å². The first kappa shape index (κ1) is 13.9. The molecule has 1 N–H and O–H groups in total. The van der Waals surface area contributed by atoms with Gasteiger partial charge in [-0.1, -0.05) is 6.07 Å². The molecular weight excluding hydrogens is 257 g/mol. The maximum atomic E-state index is 12.7. The average molecular weight is 272 g/mol. The van der Waals surface area contributed by atoms with Crippen LogP contribution in [-0.4, -0.2) is 25.5 Å². The van der Waals surface area contributed by atoms with Crippen molar-refractivity contribution in [1.29, 1.82) is 0 Å². The highest BCUT2D eigenvalue weighted by Crippen LogP contribution is 2.32. The van der Waals surface area contributed by atoms with E-state index >= 15 is 0 Å². The van der Waals surface area contributed by atoms with Crippen molar-refractivity contribution in [2.45, 2.75) is 25.1 Å². The number of amides is 1. The number of piperidine rings is 1. The lowest BCUT2D eigenvalue weighted by atomic mass is 10.0. The van der Waals surface area contributed by atoms with Crippen LogP contribution in [0.5, 0.6) is 0 Å². The summed E-state index contributed by atoms with van der Waals surface area (Å²) in [7, 11) is 1.68. The van der Waals surface area contributed by atoms with E-state index < -0.39 is 11.7 Å². The monoisotopic (exact) mass is 272 g/mol. The predicted octanol–water partition coefficient (Wildman–Crippen LogP) is 2.42. The van der Waals surface area contributed by atoms with E-state index in [-0.39, 0.29) is 11.9 Å². The third kappa shape index (κ3) is 2.89. The van der Waals surface area contributed by atoms with Crippen LogP contribution in [0.3, 0.4) is 0 Å². The highest BCUT2D eigenvalue weighted by atomic mass is 19.4. The summed E-state index contributed by atoms with van der Waals surface area (Å²) in [6, 6.07) is 4.58. The molecule has 0 radical (unpaired) electrons. The number of nitrogens with one attached hydrogen (secondary N) is 1. The Morgan fingerprint density at radius 2 is 2.11 bits per heavy atom. The fraction of sp³-hybridized carbons (Fsp3) is 0.462. The number of anilines is 1. The van der Waals surface area contributed by atoms with E-state index in [0.29, 0.717) is 18.7 Å². The Hall–Kier alpha value is -1.56. The maximum absolute atomic E-state index is 12.7. The van der Waals surface area contributed by atoms with Gasteiger partial charge in [0.05, 0.1) is 11.6 Å². The lowest BCUT2D eigenvalue weighted by molar-refractivity contribution is -0.137. The number of carbonyl (C=O) groups is 1. The van der Waals surface area contributed by atoms with Gasteiger partial charge in [-0.05, 0) is 38.1 Å². The van der Waals surface area contributed by atoms with E-state index in [2.05, 4.69) is 5.32 Å². The lowest BCUT2D eigenvalue weighted by Gasteiger charge is -2.32. The highest BCUT2D eigenvalue weighted by Gasteiger charge is 2.33. The number of likely N-dealkylation sites (N-methyl/N-ethyl adjacent to an activating group) is 1. The van der Waals surface area contributed by atoms with E-state index in [0.717, 1.165) is 18.6 Å². The second kappa shape index (κ2) is 5.21. The zero-order chi connectivity index (χ0) is 14.0. The molecule has 104 valence electrons. The molecule has 0 aromatic heterocycles. The molecule has 0 aliphatic carbocycles. The molecule has 6 heteroatoms. The minimum atomic E-state index is -4.39. The van der Waals surface area contributed by atoms with Crippen LogP contribution in [0.15, 0.2) is 24.3 Å². The zero-order valence-electron chi connectivity index (χ0n) is 10.5. The summed E-state index contributed by atoms with van der Waals surface area (Å²) in [6.07, 6.45) is -2.91. The minimum Gasteiger partial charge on any atom is -0.311 e. The number of alkyl halides is 3. The van der Waals surface area contributed by atoms with Crippen molar-refractivity contribution in [3.63, 3.8) is 0 Å². The largest absolute Gasteiger partial charge is 0.416 e. The fourth-order valence-electron chi connectivity index (χ4n) is 2.25. The lowest BCUT2D eigenvalue weighted by Crippen LogP contribution is -2.49. The summed E-state index contributed by atoms with van der Waals surface area (Å²) in [6.45, 7) is 0.457. The summed E-state index contributed by atoms with van der Waals surface area (Å²) >= 11 is 0. The fourth-order valence-corrected chi connectivity index (χ4v) is 2.25. The molecule has 1 heterocycles. The van der Waals surface area contributed by atoms with Gasteiger partial charge in [0.25, 0.3) is 0 Å². The summed E-state index contributed by atoms with van der Waals surface area (Å²) in [5.74, 6) is -0.173. The van der Waals surface area contributed by atoms with Crippen molar-refractivity contribution in [1.82, 2.24) is 5.32 Å². The molecule has 1 saturated heterocycles. The van der Waals surface area contributed by atoms with Gasteiger partial charge in [-0.3, -0.25) is 4.79 Å². The van der Waals surface area contributed by atoms with Crippen molar-refractivity contribution < 1.29 is 18.0 Å². The van der Waals surface area contributed by atoms with Crippen LogP contribution >= 0.6 is 0 Å². The number of hydrogen-bond acceptors (Lipinski definition) is 2. The van der Waals surface area contributed by atoms with Gasteiger partial charge in [0.2, 0.25) is 5.91 Å². The zero-order valence-corrected chi connectivity index (χ0v) is 10.5. The Morgan fingerprint density at radius 1 is 1.37 bits per heavy atom. The van der Waals surface area contributed by atoms with Crippen LogP contribution in [-0.2, 0) is 11.0 Å². The van der Waals surface area contributed by atoms with Crippen molar-refractivity contribution in [3.8, 4) is 0 Å². The Balaban J connectivity index is 2.29. The Labute approximate surface area is 109 Å². The van der Waals surface area contributed by atoms with Crippen LogP contribution in [0.4, 0.5) is 18.9 Å². The van der Waals surface area contributed by atoms with E-state index in [4.69, 9.17) is 0 Å². The summed E-state index contributed by atoms with van der Waals surface area (Å²) in [5.41, 5.74) is -0.427. The van der Waals surface area contributed by atoms with Gasteiger partial charge in [-0.2, -0.15) is 13.2 Å². The van der Waals surface area contributed by atoms with Gasteiger partial charge in [0.1, 0.15) is 0 Å². The Morgan fingerprint density at radius 3 is 2.74 bits per heavy atom. The highest BCUT2D eigenvalue weighted by molar-refractivity contribution is 5.97. The molecule has 1 aliphatic rings. The summed E-state index contributed by atoms with van der Waals surface area (Å²) in [4.78, 5) is 13.5. The standard InChI is InChI=1S/C13H15F3N2O/c1-17-11-6-3-7-18(12(11)19)10-5-2-4-9(8-10)13(14,15)16/h2,4-5,8,11,17H,3,6-7H2,1H3. The summed E-state index contributed by atoms with van der Waals surface area (Å²) in [5, 5.41) is 2.88. The first-order valence-corrected chi connectivity index (χ1v) is 6.09. The van der Waals surface area contributed by atoms with Crippen LogP contribution in [0.1, 0.15) is 18.4 Å². The molecular formula is C13H15F3N2O. The molecule has 0 spiro atoms. The molecule has 2 rings (SSSR count). The van der Waals surface area contributed by atoms with Crippen molar-refractivity contribution in [3.05, 3.63) is 29.8 Å². The minimum absolute atomic E-state index is 0.173. The first-order chi connectivity index (χ1) is 8.93. The molecule has 1 aliphatic heterocycles. The topological polar surface area (TPSA) is 32.3 Å². The van der Waals surface area contributed by atoms with Gasteiger partial charge < -0.3 is 10.2 Å². The van der Waals surface area contributed by atoms with Gasteiger partial charge in [0.15, 0.2) is 0 Å². The number of carbonyl (C=O) groups excluding carboxylic acids is 1. The third-order valence-corrected chi connectivity index (χ3v) is 3.27. The van der Waals surface area contributed by atoms with Crippen molar-refractivity contribution >= 4 is 11.6 Å². The molecule has 1 amide bonds. The predicted molar refractivity (Wildman–Crippen MR) is 65.9 cm³/mol. The number of benzene rings is 1. The van der Waals surface area contributed by atoms with E-state index in [1.807, 2.05) is 0 Å². The van der Waals surface area contributed by atoms with E-state index in [1.54, 1.807) is 7.05 Å². The van der Waals surface area contributed by atoms with Crippen molar-refractivity contribution in [2.75, 3.05) is 18.5 Å². The number of nitrogens with zero attached hydrogens (tertiary/aromatic N) is 1. The van der Waals surface area contributed by atoms with Gasteiger partial charge in [-0.25, -0.2) is 0 Å². The third-order valence-electron chi connectivity index (χ3n) is 3.27. The van der Waals surface area contributed by atoms with E-state index in [1.165, 1.54) is 17.0 Å².